The Morgan fingerprint density at radius 3 is 2.26 bits per heavy atom. The lowest BCUT2D eigenvalue weighted by Crippen LogP contribution is -2.54. The number of nitrogens with zero attached hydrogens (tertiary/aromatic N) is 1. The van der Waals surface area contributed by atoms with E-state index in [1.807, 2.05) is 36.4 Å². The molecule has 1 unspecified atom stereocenters. The molecular formula is C37H38N4O9. The quantitative estimate of drug-likeness (QED) is 0.0838. The number of nitrogens with one attached hydrogen (secondary N) is 3. The number of benzene rings is 3. The van der Waals surface area contributed by atoms with Gasteiger partial charge in [-0.2, -0.15) is 0 Å². The zero-order valence-corrected chi connectivity index (χ0v) is 27.3. The minimum atomic E-state index is -1.11. The number of rotatable bonds is 17. The number of hydrogen-bond donors (Lipinski definition) is 3. The Bertz CT molecular complexity index is 1690. The van der Waals surface area contributed by atoms with Gasteiger partial charge in [-0.25, -0.2) is 0 Å². The molecule has 50 heavy (non-hydrogen) atoms. The van der Waals surface area contributed by atoms with Crippen LogP contribution in [-0.4, -0.2) is 85.9 Å². The molecule has 2 aliphatic heterocycles. The lowest BCUT2D eigenvalue weighted by atomic mass is 9.88. The van der Waals surface area contributed by atoms with Crippen LogP contribution in [-0.2, 0) is 28.7 Å². The predicted octanol–water partition coefficient (Wildman–Crippen LogP) is 2.47. The van der Waals surface area contributed by atoms with Gasteiger partial charge in [0.2, 0.25) is 17.7 Å². The molecule has 0 radical (unpaired) electrons. The van der Waals surface area contributed by atoms with Crippen LogP contribution in [0.3, 0.4) is 0 Å². The van der Waals surface area contributed by atoms with Crippen LogP contribution in [0.2, 0.25) is 0 Å². The molecule has 2 heterocycles. The van der Waals surface area contributed by atoms with Crippen molar-refractivity contribution in [2.45, 2.75) is 31.2 Å². The van der Waals surface area contributed by atoms with Gasteiger partial charge >= 0.3 is 0 Å². The molecular weight excluding hydrogens is 644 g/mol. The summed E-state index contributed by atoms with van der Waals surface area (Å²) in [6.45, 7) is 0.868. The summed E-state index contributed by atoms with van der Waals surface area (Å²) in [5.74, 6) is -3.12. The summed E-state index contributed by atoms with van der Waals surface area (Å²) in [4.78, 5) is 75.3. The van der Waals surface area contributed by atoms with Crippen molar-refractivity contribution >= 4 is 35.4 Å². The van der Waals surface area contributed by atoms with Crippen molar-refractivity contribution in [3.8, 4) is 5.75 Å². The largest absolute Gasteiger partial charge is 0.499 e. The molecule has 0 aliphatic carbocycles. The maximum Gasteiger partial charge on any atom is 0.266 e. The average molecular weight is 683 g/mol. The van der Waals surface area contributed by atoms with Gasteiger partial charge in [-0.3, -0.25) is 39.0 Å². The molecule has 13 heteroatoms. The van der Waals surface area contributed by atoms with Crippen LogP contribution in [0, 0.1) is 0 Å². The zero-order chi connectivity index (χ0) is 35.3. The highest BCUT2D eigenvalue weighted by atomic mass is 16.5. The Morgan fingerprint density at radius 1 is 0.840 bits per heavy atom. The van der Waals surface area contributed by atoms with Gasteiger partial charge in [0, 0.05) is 31.5 Å². The fourth-order valence-corrected chi connectivity index (χ4v) is 5.74. The molecule has 1 atom stereocenters. The second-order valence-corrected chi connectivity index (χ2v) is 11.5. The van der Waals surface area contributed by atoms with Gasteiger partial charge in [0.15, 0.2) is 6.61 Å². The number of hydrogen-bond acceptors (Lipinski definition) is 9. The maximum atomic E-state index is 13.1. The van der Waals surface area contributed by atoms with E-state index < -0.39 is 42.2 Å². The minimum Gasteiger partial charge on any atom is -0.499 e. The Hall–Kier alpha value is -5.82. The summed E-state index contributed by atoms with van der Waals surface area (Å²) in [7, 11) is 0. The van der Waals surface area contributed by atoms with E-state index >= 15 is 0 Å². The van der Waals surface area contributed by atoms with E-state index in [-0.39, 0.29) is 67.9 Å². The highest BCUT2D eigenvalue weighted by molar-refractivity contribution is 6.24. The first kappa shape index (κ1) is 35.5. The first-order chi connectivity index (χ1) is 24.3. The van der Waals surface area contributed by atoms with Crippen molar-refractivity contribution in [1.82, 2.24) is 20.9 Å². The van der Waals surface area contributed by atoms with Gasteiger partial charge in [-0.05, 0) is 36.1 Å². The predicted molar refractivity (Wildman–Crippen MR) is 180 cm³/mol. The monoisotopic (exact) mass is 682 g/mol. The molecule has 0 bridgehead atoms. The lowest BCUT2D eigenvalue weighted by Gasteiger charge is -2.27. The number of imide groups is 2. The smallest absolute Gasteiger partial charge is 0.266 e. The molecule has 1 saturated heterocycles. The summed E-state index contributed by atoms with van der Waals surface area (Å²) in [6, 6.07) is 23.7. The Kier molecular flexibility index (Phi) is 12.4. The lowest BCUT2D eigenvalue weighted by molar-refractivity contribution is -0.136. The highest BCUT2D eigenvalue weighted by Gasteiger charge is 2.46. The van der Waals surface area contributed by atoms with E-state index in [4.69, 9.17) is 14.2 Å². The molecule has 3 N–H and O–H groups in total. The van der Waals surface area contributed by atoms with E-state index in [9.17, 15) is 28.8 Å². The Balaban J connectivity index is 0.943. The number of amides is 6. The Morgan fingerprint density at radius 2 is 1.56 bits per heavy atom. The fourth-order valence-electron chi connectivity index (χ4n) is 5.74. The van der Waals surface area contributed by atoms with Gasteiger partial charge in [-0.15, -0.1) is 0 Å². The summed E-state index contributed by atoms with van der Waals surface area (Å²) >= 11 is 0. The number of ether oxygens (including phenoxy) is 3. The maximum absolute atomic E-state index is 13.1. The van der Waals surface area contributed by atoms with E-state index in [1.165, 1.54) is 41.7 Å². The van der Waals surface area contributed by atoms with E-state index in [0.29, 0.717) is 6.54 Å². The van der Waals surface area contributed by atoms with Gasteiger partial charge in [0.05, 0.1) is 30.6 Å². The molecule has 6 amide bonds. The molecule has 260 valence electrons. The van der Waals surface area contributed by atoms with Crippen LogP contribution >= 0.6 is 0 Å². The molecule has 0 saturated carbocycles. The molecule has 3 aromatic rings. The van der Waals surface area contributed by atoms with Crippen LogP contribution in [0.1, 0.15) is 57.0 Å². The van der Waals surface area contributed by atoms with Crippen molar-refractivity contribution < 1.29 is 43.0 Å². The van der Waals surface area contributed by atoms with Crippen molar-refractivity contribution in [2.24, 2.45) is 0 Å². The van der Waals surface area contributed by atoms with Crippen LogP contribution < -0.4 is 20.7 Å². The zero-order valence-electron chi connectivity index (χ0n) is 27.3. The van der Waals surface area contributed by atoms with Crippen molar-refractivity contribution in [2.75, 3.05) is 39.5 Å². The number of fused-ring (bicyclic) bond motifs is 1. The molecule has 2 aliphatic rings. The highest BCUT2D eigenvalue weighted by Crippen LogP contribution is 2.33. The first-order valence-electron chi connectivity index (χ1n) is 16.3. The fraction of sp³-hybridized carbons (Fsp3) is 0.297. The summed E-state index contributed by atoms with van der Waals surface area (Å²) in [5, 5.41) is 7.67. The Labute approximate surface area is 288 Å². The van der Waals surface area contributed by atoms with Crippen molar-refractivity contribution in [1.29, 1.82) is 0 Å². The second-order valence-electron chi connectivity index (χ2n) is 11.5. The van der Waals surface area contributed by atoms with Crippen molar-refractivity contribution in [3.63, 3.8) is 0 Å². The third-order valence-electron chi connectivity index (χ3n) is 8.15. The standard InChI is InChI=1S/C37H38N4O9/c42-31(38-18-16-27(25-8-3-1-4-9-25)26-10-5-2-6-11-26)17-20-48-22-23-49-21-19-39-33(44)24-50-30-13-7-12-28-34(30)37(47)41(36(28)46)29-14-15-32(43)40-35(29)45/h1-13,17,20,27,29H,14-16,18-19,21-24H2,(H,38,42)(H,39,44)(H,40,43,45). The molecule has 1 fully saturated rings. The van der Waals surface area contributed by atoms with Gasteiger partial charge in [0.25, 0.3) is 17.7 Å². The van der Waals surface area contributed by atoms with Gasteiger partial charge < -0.3 is 24.8 Å². The topological polar surface area (TPSA) is 169 Å². The number of carbonyl (C=O) groups excluding carboxylic acids is 6. The van der Waals surface area contributed by atoms with Crippen LogP contribution in [0.15, 0.2) is 91.2 Å². The summed E-state index contributed by atoms with van der Waals surface area (Å²) < 4.78 is 16.3. The minimum absolute atomic E-state index is 0.00652. The number of carbonyl (C=O) groups is 6. The van der Waals surface area contributed by atoms with E-state index in [0.717, 1.165) is 11.3 Å². The van der Waals surface area contributed by atoms with E-state index in [2.05, 4.69) is 40.2 Å². The van der Waals surface area contributed by atoms with Crippen LogP contribution in [0.5, 0.6) is 5.75 Å². The third kappa shape index (κ3) is 9.20. The van der Waals surface area contributed by atoms with Crippen molar-refractivity contribution in [3.05, 3.63) is 113 Å². The van der Waals surface area contributed by atoms with Gasteiger partial charge in [0.1, 0.15) is 18.4 Å². The summed E-state index contributed by atoms with van der Waals surface area (Å²) in [5.41, 5.74) is 2.39. The van der Waals surface area contributed by atoms with Crippen LogP contribution in [0.4, 0.5) is 0 Å². The second kappa shape index (κ2) is 17.5. The average Bonchev–Trinajstić information content (AvgIpc) is 3.38. The van der Waals surface area contributed by atoms with E-state index in [1.54, 1.807) is 0 Å². The molecule has 3 aromatic carbocycles. The summed E-state index contributed by atoms with van der Waals surface area (Å²) in [6.07, 6.45) is 3.41. The molecule has 5 rings (SSSR count). The molecule has 13 nitrogen and oxygen atoms in total. The van der Waals surface area contributed by atoms with Crippen LogP contribution in [0.25, 0.3) is 0 Å². The molecule has 0 aromatic heterocycles. The normalized spacial score (nSPS) is 15.6. The SMILES string of the molecule is O=C(C=COCCOCCNC(=O)COc1cccc2c1C(=O)N(C1CCC(=O)NC1=O)C2=O)NCCC(c1ccccc1)c1ccccc1. The first-order valence-corrected chi connectivity index (χ1v) is 16.3. The van der Waals surface area contributed by atoms with Gasteiger partial charge in [-0.1, -0.05) is 66.7 Å². The number of piperidine rings is 1. The molecule has 0 spiro atoms. The third-order valence-corrected chi connectivity index (χ3v) is 8.15.